The molecule has 2 rings (SSSR count). The van der Waals surface area contributed by atoms with Crippen molar-refractivity contribution in [1.29, 1.82) is 0 Å². The van der Waals surface area contributed by atoms with E-state index in [1.165, 1.54) is 42.3 Å². The number of amides is 2. The molecule has 2 aromatic rings. The number of nitrogens with one attached hydrogen (secondary N) is 2. The molecule has 0 saturated heterocycles. The molecule has 0 aliphatic carbocycles. The van der Waals surface area contributed by atoms with Crippen LogP contribution in [0.25, 0.3) is 0 Å². The fraction of sp³-hybridized carbons (Fsp3) is 0.158. The molecule has 7 nitrogen and oxygen atoms in total. The van der Waals surface area contributed by atoms with E-state index in [1.54, 1.807) is 24.3 Å². The SMILES string of the molecule is C=CCNS(=O)(=O)c1ccc(C(=O)N(C)CC(=O)Nc2ccccc2Cl)cc1. The van der Waals surface area contributed by atoms with Gasteiger partial charge in [-0.15, -0.1) is 6.58 Å². The highest BCUT2D eigenvalue weighted by Crippen LogP contribution is 2.20. The first-order valence-corrected chi connectivity index (χ1v) is 10.1. The molecule has 2 aromatic carbocycles. The first kappa shape index (κ1) is 21.6. The Balaban J connectivity index is 2.02. The fourth-order valence-corrected chi connectivity index (χ4v) is 3.47. The van der Waals surface area contributed by atoms with Crippen LogP contribution >= 0.6 is 11.6 Å². The highest BCUT2D eigenvalue weighted by Gasteiger charge is 2.18. The Labute approximate surface area is 169 Å². The summed E-state index contributed by atoms with van der Waals surface area (Å²) >= 11 is 5.99. The number of carbonyl (C=O) groups excluding carboxylic acids is 2. The lowest BCUT2D eigenvalue weighted by molar-refractivity contribution is -0.116. The average molecular weight is 422 g/mol. The summed E-state index contributed by atoms with van der Waals surface area (Å²) in [5, 5.41) is 3.03. The van der Waals surface area contributed by atoms with Gasteiger partial charge in [0.15, 0.2) is 0 Å². The van der Waals surface area contributed by atoms with E-state index >= 15 is 0 Å². The lowest BCUT2D eigenvalue weighted by Crippen LogP contribution is -2.35. The van der Waals surface area contributed by atoms with Crippen LogP contribution < -0.4 is 10.0 Å². The average Bonchev–Trinajstić information content (AvgIpc) is 2.67. The molecule has 0 saturated carbocycles. The maximum atomic E-state index is 12.5. The topological polar surface area (TPSA) is 95.6 Å². The zero-order valence-corrected chi connectivity index (χ0v) is 16.8. The molecule has 148 valence electrons. The van der Waals surface area contributed by atoms with Crippen molar-refractivity contribution in [3.05, 3.63) is 71.8 Å². The Bertz CT molecular complexity index is 975. The van der Waals surface area contributed by atoms with Crippen LogP contribution in [0.2, 0.25) is 5.02 Å². The first-order chi connectivity index (χ1) is 13.2. The van der Waals surface area contributed by atoms with Crippen molar-refractivity contribution in [1.82, 2.24) is 9.62 Å². The van der Waals surface area contributed by atoms with Crippen LogP contribution in [0.3, 0.4) is 0 Å². The molecule has 0 fully saturated rings. The molecule has 0 spiro atoms. The fourth-order valence-electron chi connectivity index (χ4n) is 2.29. The first-order valence-electron chi connectivity index (χ1n) is 8.25. The quantitative estimate of drug-likeness (QED) is 0.640. The van der Waals surface area contributed by atoms with Crippen molar-refractivity contribution in [2.24, 2.45) is 0 Å². The number of rotatable bonds is 8. The molecule has 0 atom stereocenters. The number of hydrogen-bond acceptors (Lipinski definition) is 4. The maximum absolute atomic E-state index is 12.5. The van der Waals surface area contributed by atoms with Gasteiger partial charge in [-0.05, 0) is 36.4 Å². The lowest BCUT2D eigenvalue weighted by Gasteiger charge is -2.17. The Kier molecular flexibility index (Phi) is 7.33. The van der Waals surface area contributed by atoms with E-state index in [4.69, 9.17) is 11.6 Å². The highest BCUT2D eigenvalue weighted by atomic mass is 35.5. The zero-order valence-electron chi connectivity index (χ0n) is 15.2. The van der Waals surface area contributed by atoms with Crippen molar-refractivity contribution < 1.29 is 18.0 Å². The minimum Gasteiger partial charge on any atom is -0.332 e. The van der Waals surface area contributed by atoms with Crippen LogP contribution in [-0.4, -0.2) is 45.3 Å². The van der Waals surface area contributed by atoms with Crippen LogP contribution in [0.15, 0.2) is 66.1 Å². The molecule has 0 radical (unpaired) electrons. The van der Waals surface area contributed by atoms with Gasteiger partial charge in [-0.1, -0.05) is 29.8 Å². The lowest BCUT2D eigenvalue weighted by atomic mass is 10.2. The molecular weight excluding hydrogens is 402 g/mol. The molecule has 0 aromatic heterocycles. The van der Waals surface area contributed by atoms with Gasteiger partial charge in [0, 0.05) is 19.2 Å². The molecule has 0 aliphatic rings. The predicted molar refractivity (Wildman–Crippen MR) is 109 cm³/mol. The maximum Gasteiger partial charge on any atom is 0.254 e. The second-order valence-corrected chi connectivity index (χ2v) is 8.03. The summed E-state index contributed by atoms with van der Waals surface area (Å²) in [5.41, 5.74) is 0.715. The van der Waals surface area contributed by atoms with E-state index in [2.05, 4.69) is 16.6 Å². The predicted octanol–water partition coefficient (Wildman–Crippen LogP) is 2.52. The summed E-state index contributed by atoms with van der Waals surface area (Å²) in [5.74, 6) is -0.825. The molecule has 2 amide bonds. The van der Waals surface area contributed by atoms with E-state index in [-0.39, 0.29) is 23.5 Å². The van der Waals surface area contributed by atoms with Gasteiger partial charge < -0.3 is 10.2 Å². The highest BCUT2D eigenvalue weighted by molar-refractivity contribution is 7.89. The number of hydrogen-bond donors (Lipinski definition) is 2. The van der Waals surface area contributed by atoms with Crippen LogP contribution in [-0.2, 0) is 14.8 Å². The smallest absolute Gasteiger partial charge is 0.254 e. The van der Waals surface area contributed by atoms with E-state index in [0.717, 1.165) is 0 Å². The number of sulfonamides is 1. The second kappa shape index (κ2) is 9.50. The summed E-state index contributed by atoms with van der Waals surface area (Å²) in [6, 6.07) is 12.2. The van der Waals surface area contributed by atoms with Crippen molar-refractivity contribution in [2.75, 3.05) is 25.5 Å². The van der Waals surface area contributed by atoms with Crippen LogP contribution in [0.1, 0.15) is 10.4 Å². The van der Waals surface area contributed by atoms with Gasteiger partial charge in [0.05, 0.1) is 22.2 Å². The Hall–Kier alpha value is -2.68. The minimum absolute atomic E-state index is 0.0324. The molecule has 9 heteroatoms. The monoisotopic (exact) mass is 421 g/mol. The number of para-hydroxylation sites is 1. The number of halogens is 1. The summed E-state index contributed by atoms with van der Waals surface area (Å²) in [4.78, 5) is 25.9. The van der Waals surface area contributed by atoms with E-state index < -0.39 is 21.8 Å². The summed E-state index contributed by atoms with van der Waals surface area (Å²) in [7, 11) is -2.19. The second-order valence-electron chi connectivity index (χ2n) is 5.85. The normalized spacial score (nSPS) is 10.9. The van der Waals surface area contributed by atoms with E-state index in [1.807, 2.05) is 0 Å². The van der Waals surface area contributed by atoms with Gasteiger partial charge in [-0.3, -0.25) is 9.59 Å². The van der Waals surface area contributed by atoms with Crippen molar-refractivity contribution in [3.8, 4) is 0 Å². The third-order valence-corrected chi connectivity index (χ3v) is 5.47. The molecule has 0 heterocycles. The number of anilines is 1. The molecule has 0 aliphatic heterocycles. The van der Waals surface area contributed by atoms with Gasteiger partial charge in [0.2, 0.25) is 15.9 Å². The van der Waals surface area contributed by atoms with E-state index in [0.29, 0.717) is 10.7 Å². The molecular formula is C19H20ClN3O4S. The number of likely N-dealkylation sites (N-methyl/N-ethyl adjacent to an activating group) is 1. The van der Waals surface area contributed by atoms with Gasteiger partial charge in [0.25, 0.3) is 5.91 Å². The van der Waals surface area contributed by atoms with Crippen molar-refractivity contribution in [3.63, 3.8) is 0 Å². The number of carbonyl (C=O) groups is 2. The van der Waals surface area contributed by atoms with Crippen LogP contribution in [0.5, 0.6) is 0 Å². The Morgan fingerprint density at radius 1 is 1.14 bits per heavy atom. The molecule has 0 bridgehead atoms. The minimum atomic E-state index is -3.67. The van der Waals surface area contributed by atoms with Crippen molar-refractivity contribution >= 4 is 39.1 Å². The molecule has 2 N–H and O–H groups in total. The Morgan fingerprint density at radius 3 is 2.39 bits per heavy atom. The molecule has 0 unspecified atom stereocenters. The van der Waals surface area contributed by atoms with E-state index in [9.17, 15) is 18.0 Å². The summed E-state index contributed by atoms with van der Waals surface area (Å²) < 4.78 is 26.4. The summed E-state index contributed by atoms with van der Waals surface area (Å²) in [6.07, 6.45) is 1.43. The van der Waals surface area contributed by atoms with Gasteiger partial charge >= 0.3 is 0 Å². The number of benzene rings is 2. The third kappa shape index (κ3) is 5.66. The van der Waals surface area contributed by atoms with Gasteiger partial charge in [-0.25, -0.2) is 13.1 Å². The summed E-state index contributed by atoms with van der Waals surface area (Å²) in [6.45, 7) is 3.37. The van der Waals surface area contributed by atoms with Crippen LogP contribution in [0.4, 0.5) is 5.69 Å². The zero-order chi connectivity index (χ0) is 20.7. The Morgan fingerprint density at radius 2 is 1.79 bits per heavy atom. The van der Waals surface area contributed by atoms with Crippen molar-refractivity contribution in [2.45, 2.75) is 4.90 Å². The standard InChI is InChI=1S/C19H20ClN3O4S/c1-3-12-21-28(26,27)15-10-8-14(9-11-15)19(25)23(2)13-18(24)22-17-7-5-4-6-16(17)20/h3-11,21H,1,12-13H2,2H3,(H,22,24). The molecule has 28 heavy (non-hydrogen) atoms. The van der Waals surface area contributed by atoms with Gasteiger partial charge in [-0.2, -0.15) is 0 Å². The van der Waals surface area contributed by atoms with Gasteiger partial charge in [0.1, 0.15) is 0 Å². The number of nitrogens with zero attached hydrogens (tertiary/aromatic N) is 1. The van der Waals surface area contributed by atoms with Crippen LogP contribution in [0, 0.1) is 0 Å². The largest absolute Gasteiger partial charge is 0.332 e. The third-order valence-electron chi connectivity index (χ3n) is 3.70.